The second-order valence-corrected chi connectivity index (χ2v) is 6.81. The van der Waals surface area contributed by atoms with Gasteiger partial charge in [-0.2, -0.15) is 0 Å². The van der Waals surface area contributed by atoms with Crippen LogP contribution in [0, 0.1) is 12.7 Å². The maximum atomic E-state index is 13.1. The summed E-state index contributed by atoms with van der Waals surface area (Å²) < 4.78 is 13.1. The number of hydrogen-bond donors (Lipinski definition) is 1. The Bertz CT molecular complexity index is 570. The Morgan fingerprint density at radius 3 is 2.68 bits per heavy atom. The Labute approximate surface area is 117 Å². The Hall–Kier alpha value is -1.26. The molecule has 1 aromatic heterocycles. The van der Waals surface area contributed by atoms with Crippen molar-refractivity contribution >= 4 is 11.3 Å². The highest BCUT2D eigenvalue weighted by Crippen LogP contribution is 2.28. The summed E-state index contributed by atoms with van der Waals surface area (Å²) in [5.41, 5.74) is 2.02. The average molecular weight is 278 g/mol. The van der Waals surface area contributed by atoms with Crippen LogP contribution in [0.3, 0.4) is 0 Å². The van der Waals surface area contributed by atoms with Crippen LogP contribution in [-0.4, -0.2) is 10.5 Å². The molecule has 0 bridgehead atoms. The van der Waals surface area contributed by atoms with Crippen LogP contribution in [0.25, 0.3) is 10.6 Å². The van der Waals surface area contributed by atoms with Crippen molar-refractivity contribution in [1.82, 2.24) is 10.3 Å². The Balaban J connectivity index is 2.16. The van der Waals surface area contributed by atoms with Crippen LogP contribution in [0.15, 0.2) is 24.4 Å². The van der Waals surface area contributed by atoms with Crippen molar-refractivity contribution in [2.75, 3.05) is 0 Å². The molecule has 0 aliphatic heterocycles. The molecular weight excluding hydrogens is 259 g/mol. The fourth-order valence-electron chi connectivity index (χ4n) is 1.73. The molecule has 0 atom stereocenters. The van der Waals surface area contributed by atoms with E-state index in [4.69, 9.17) is 0 Å². The van der Waals surface area contributed by atoms with Gasteiger partial charge in [0.2, 0.25) is 0 Å². The van der Waals surface area contributed by atoms with Crippen molar-refractivity contribution < 1.29 is 4.39 Å². The van der Waals surface area contributed by atoms with Gasteiger partial charge in [0.15, 0.2) is 0 Å². The minimum Gasteiger partial charge on any atom is -0.307 e. The molecular formula is C15H19FN2S. The van der Waals surface area contributed by atoms with E-state index in [0.29, 0.717) is 0 Å². The van der Waals surface area contributed by atoms with Crippen LogP contribution in [0.1, 0.15) is 31.2 Å². The zero-order valence-corrected chi connectivity index (χ0v) is 12.6. The first-order valence-electron chi connectivity index (χ1n) is 6.31. The highest BCUT2D eigenvalue weighted by Gasteiger charge is 2.11. The van der Waals surface area contributed by atoms with E-state index >= 15 is 0 Å². The van der Waals surface area contributed by atoms with Gasteiger partial charge in [0.25, 0.3) is 0 Å². The van der Waals surface area contributed by atoms with Crippen LogP contribution in [0.2, 0.25) is 0 Å². The third-order valence-electron chi connectivity index (χ3n) is 2.77. The Morgan fingerprint density at radius 1 is 1.32 bits per heavy atom. The monoisotopic (exact) mass is 278 g/mol. The first kappa shape index (κ1) is 14.2. The predicted octanol–water partition coefficient (Wildman–Crippen LogP) is 4.15. The summed E-state index contributed by atoms with van der Waals surface area (Å²) in [5, 5.41) is 4.38. The molecule has 0 amide bonds. The largest absolute Gasteiger partial charge is 0.307 e. The summed E-state index contributed by atoms with van der Waals surface area (Å²) in [6, 6.07) is 4.82. The highest BCUT2D eigenvalue weighted by atomic mass is 32.1. The van der Waals surface area contributed by atoms with E-state index < -0.39 is 0 Å². The van der Waals surface area contributed by atoms with Gasteiger partial charge in [-0.15, -0.1) is 11.3 Å². The SMILES string of the molecule is Cc1cc(F)ccc1-c1ncc(CNC(C)(C)C)s1. The van der Waals surface area contributed by atoms with Gasteiger partial charge in [-0.05, 0) is 51.5 Å². The molecule has 4 heteroatoms. The quantitative estimate of drug-likeness (QED) is 0.912. The second kappa shape index (κ2) is 5.39. The number of halogens is 1. The average Bonchev–Trinajstić information content (AvgIpc) is 2.74. The predicted molar refractivity (Wildman–Crippen MR) is 78.8 cm³/mol. The number of nitrogens with zero attached hydrogens (tertiary/aromatic N) is 1. The first-order chi connectivity index (χ1) is 8.85. The standard InChI is InChI=1S/C15H19FN2S/c1-10-7-11(16)5-6-13(10)14-17-8-12(19-14)9-18-15(2,3)4/h5-8,18H,9H2,1-4H3. The van der Waals surface area contributed by atoms with Gasteiger partial charge in [-0.3, -0.25) is 0 Å². The molecule has 102 valence electrons. The van der Waals surface area contributed by atoms with Crippen molar-refractivity contribution in [3.63, 3.8) is 0 Å². The molecule has 0 aliphatic carbocycles. The van der Waals surface area contributed by atoms with Crippen molar-refractivity contribution in [3.8, 4) is 10.6 Å². The maximum Gasteiger partial charge on any atom is 0.123 e. The van der Waals surface area contributed by atoms with Crippen LogP contribution >= 0.6 is 11.3 Å². The van der Waals surface area contributed by atoms with Crippen LogP contribution in [0.5, 0.6) is 0 Å². The van der Waals surface area contributed by atoms with E-state index in [0.717, 1.165) is 22.7 Å². The minimum atomic E-state index is -0.201. The molecule has 1 aromatic carbocycles. The lowest BCUT2D eigenvalue weighted by Gasteiger charge is -2.19. The third kappa shape index (κ3) is 3.85. The summed E-state index contributed by atoms with van der Waals surface area (Å²) in [4.78, 5) is 5.62. The van der Waals surface area contributed by atoms with Gasteiger partial charge in [0.1, 0.15) is 10.8 Å². The molecule has 0 saturated carbocycles. The fraction of sp³-hybridized carbons (Fsp3) is 0.400. The molecule has 0 saturated heterocycles. The van der Waals surface area contributed by atoms with Crippen molar-refractivity contribution in [1.29, 1.82) is 0 Å². The number of nitrogens with one attached hydrogen (secondary N) is 1. The van der Waals surface area contributed by atoms with Crippen molar-refractivity contribution in [2.45, 2.75) is 39.8 Å². The number of thiazole rings is 1. The number of benzene rings is 1. The van der Waals surface area contributed by atoms with Gasteiger partial charge in [-0.1, -0.05) is 0 Å². The lowest BCUT2D eigenvalue weighted by molar-refractivity contribution is 0.426. The molecule has 0 aliphatic rings. The highest BCUT2D eigenvalue weighted by molar-refractivity contribution is 7.15. The number of aromatic nitrogens is 1. The topological polar surface area (TPSA) is 24.9 Å². The molecule has 19 heavy (non-hydrogen) atoms. The molecule has 0 unspecified atom stereocenters. The molecule has 1 heterocycles. The molecule has 0 radical (unpaired) electrons. The smallest absolute Gasteiger partial charge is 0.123 e. The third-order valence-corrected chi connectivity index (χ3v) is 3.80. The molecule has 2 aromatic rings. The molecule has 1 N–H and O–H groups in total. The lowest BCUT2D eigenvalue weighted by Crippen LogP contribution is -2.34. The zero-order chi connectivity index (χ0) is 14.0. The second-order valence-electron chi connectivity index (χ2n) is 5.69. The summed E-state index contributed by atoms with van der Waals surface area (Å²) in [6.07, 6.45) is 1.89. The summed E-state index contributed by atoms with van der Waals surface area (Å²) in [7, 11) is 0. The Morgan fingerprint density at radius 2 is 2.05 bits per heavy atom. The number of hydrogen-bond acceptors (Lipinski definition) is 3. The van der Waals surface area contributed by atoms with Gasteiger partial charge < -0.3 is 5.32 Å². The zero-order valence-electron chi connectivity index (χ0n) is 11.7. The number of rotatable bonds is 3. The van der Waals surface area contributed by atoms with Gasteiger partial charge >= 0.3 is 0 Å². The minimum absolute atomic E-state index is 0.0932. The van der Waals surface area contributed by atoms with E-state index in [2.05, 4.69) is 31.1 Å². The molecule has 0 fully saturated rings. The number of aryl methyl sites for hydroxylation is 1. The lowest BCUT2D eigenvalue weighted by atomic mass is 10.1. The van der Waals surface area contributed by atoms with E-state index in [1.165, 1.54) is 10.9 Å². The molecule has 2 nitrogen and oxygen atoms in total. The summed E-state index contributed by atoms with van der Waals surface area (Å²) >= 11 is 1.65. The summed E-state index contributed by atoms with van der Waals surface area (Å²) in [6.45, 7) is 9.13. The van der Waals surface area contributed by atoms with E-state index in [9.17, 15) is 4.39 Å². The van der Waals surface area contributed by atoms with Crippen molar-refractivity contribution in [2.24, 2.45) is 0 Å². The van der Waals surface area contributed by atoms with Crippen molar-refractivity contribution in [3.05, 3.63) is 40.7 Å². The normalized spacial score (nSPS) is 11.8. The van der Waals surface area contributed by atoms with E-state index in [-0.39, 0.29) is 11.4 Å². The van der Waals surface area contributed by atoms with Crippen LogP contribution in [-0.2, 0) is 6.54 Å². The maximum absolute atomic E-state index is 13.1. The van der Waals surface area contributed by atoms with Gasteiger partial charge in [0.05, 0.1) is 0 Å². The van der Waals surface area contributed by atoms with Crippen LogP contribution < -0.4 is 5.32 Å². The molecule has 2 rings (SSSR count). The van der Waals surface area contributed by atoms with E-state index in [1.54, 1.807) is 23.5 Å². The first-order valence-corrected chi connectivity index (χ1v) is 7.13. The molecule has 0 spiro atoms. The fourth-order valence-corrected chi connectivity index (χ4v) is 2.68. The van der Waals surface area contributed by atoms with Gasteiger partial charge in [0, 0.05) is 28.7 Å². The van der Waals surface area contributed by atoms with Crippen LogP contribution in [0.4, 0.5) is 4.39 Å². The summed E-state index contributed by atoms with van der Waals surface area (Å²) in [5.74, 6) is -0.201. The van der Waals surface area contributed by atoms with Gasteiger partial charge in [-0.25, -0.2) is 9.37 Å². The van der Waals surface area contributed by atoms with E-state index in [1.807, 2.05) is 13.1 Å². The Kier molecular flexibility index (Phi) is 4.02.